The molecule has 16 heavy (non-hydrogen) atoms. The Labute approximate surface area is 99.3 Å². The number of thiophene rings is 1. The molecule has 0 saturated carbocycles. The zero-order valence-electron chi connectivity index (χ0n) is 9.01. The van der Waals surface area contributed by atoms with Crippen LogP contribution in [0.5, 0.6) is 0 Å². The second-order valence-electron chi connectivity index (χ2n) is 3.59. The van der Waals surface area contributed by atoms with E-state index in [1.807, 2.05) is 0 Å². The quantitative estimate of drug-likeness (QED) is 0.662. The lowest BCUT2D eigenvalue weighted by Gasteiger charge is -2.05. The summed E-state index contributed by atoms with van der Waals surface area (Å²) in [5.74, 6) is 0. The third-order valence-corrected chi connectivity index (χ3v) is 4.87. The number of nitrogen functional groups attached to an aromatic ring is 1. The number of nitrogens with one attached hydrogen (secondary N) is 1. The highest BCUT2D eigenvalue weighted by molar-refractivity contribution is 7.91. The summed E-state index contributed by atoms with van der Waals surface area (Å²) in [5, 5.41) is 10.6. The first-order valence-corrected chi connectivity index (χ1v) is 7.30. The van der Waals surface area contributed by atoms with E-state index in [4.69, 9.17) is 10.8 Å². The molecular formula is C9H16N2O3S2. The van der Waals surface area contributed by atoms with Crippen LogP contribution in [0.15, 0.2) is 15.7 Å². The van der Waals surface area contributed by atoms with Crippen molar-refractivity contribution in [3.8, 4) is 0 Å². The number of hydrogen-bond acceptors (Lipinski definition) is 5. The van der Waals surface area contributed by atoms with Crippen LogP contribution in [0.2, 0.25) is 0 Å². The molecule has 7 heteroatoms. The van der Waals surface area contributed by atoms with Gasteiger partial charge in [-0.2, -0.15) is 0 Å². The molecule has 1 aromatic heterocycles. The van der Waals surface area contributed by atoms with Crippen LogP contribution in [0.3, 0.4) is 0 Å². The summed E-state index contributed by atoms with van der Waals surface area (Å²) in [6.07, 6.45) is 0.786. The summed E-state index contributed by atoms with van der Waals surface area (Å²) in [6, 6.07) is 1.43. The third kappa shape index (κ3) is 4.09. The number of sulfonamides is 1. The summed E-state index contributed by atoms with van der Waals surface area (Å²) in [5.41, 5.74) is 5.91. The first kappa shape index (κ1) is 13.4. The van der Waals surface area contributed by atoms with Crippen molar-refractivity contribution in [2.24, 2.45) is 0 Å². The van der Waals surface area contributed by atoms with Gasteiger partial charge < -0.3 is 10.8 Å². The zero-order chi connectivity index (χ0) is 12.2. The van der Waals surface area contributed by atoms with Crippen molar-refractivity contribution < 1.29 is 13.5 Å². The monoisotopic (exact) mass is 264 g/mol. The number of aliphatic hydroxyl groups is 1. The lowest BCUT2D eigenvalue weighted by Crippen LogP contribution is -2.24. The minimum atomic E-state index is -3.43. The summed E-state index contributed by atoms with van der Waals surface area (Å²) in [4.78, 5) is 0. The van der Waals surface area contributed by atoms with E-state index in [-0.39, 0.29) is 4.21 Å². The molecule has 0 saturated heterocycles. The predicted octanol–water partition coefficient (Wildman–Crippen LogP) is 0.770. The fourth-order valence-electron chi connectivity index (χ4n) is 1.15. The second kappa shape index (κ2) is 5.62. The maximum atomic E-state index is 11.7. The SMILES string of the molecule is CC(O)CCCNS(=O)(=O)c1cc(N)cs1. The molecule has 0 aliphatic rings. The highest BCUT2D eigenvalue weighted by Crippen LogP contribution is 2.21. The van der Waals surface area contributed by atoms with Crippen molar-refractivity contribution in [2.75, 3.05) is 12.3 Å². The van der Waals surface area contributed by atoms with E-state index in [1.165, 1.54) is 6.07 Å². The number of hydrogen-bond donors (Lipinski definition) is 3. The second-order valence-corrected chi connectivity index (χ2v) is 6.49. The Morgan fingerprint density at radius 1 is 1.62 bits per heavy atom. The molecule has 0 aromatic carbocycles. The van der Waals surface area contributed by atoms with Crippen molar-refractivity contribution >= 4 is 27.0 Å². The van der Waals surface area contributed by atoms with Crippen molar-refractivity contribution in [3.05, 3.63) is 11.4 Å². The predicted molar refractivity (Wildman–Crippen MR) is 64.8 cm³/mol. The van der Waals surface area contributed by atoms with Crippen molar-refractivity contribution in [1.82, 2.24) is 4.72 Å². The first-order valence-electron chi connectivity index (χ1n) is 4.93. The Balaban J connectivity index is 2.47. The fraction of sp³-hybridized carbons (Fsp3) is 0.556. The molecule has 1 unspecified atom stereocenters. The number of aliphatic hydroxyl groups excluding tert-OH is 1. The van der Waals surface area contributed by atoms with E-state index in [9.17, 15) is 8.42 Å². The molecule has 0 bridgehead atoms. The molecule has 0 fully saturated rings. The van der Waals surface area contributed by atoms with Gasteiger partial charge in [-0.25, -0.2) is 13.1 Å². The Morgan fingerprint density at radius 3 is 2.81 bits per heavy atom. The standard InChI is InChI=1S/C9H16N2O3S2/c1-7(12)3-2-4-11-16(13,14)9-5-8(10)6-15-9/h5-7,11-12H,2-4,10H2,1H3. The molecule has 0 aliphatic heterocycles. The highest BCUT2D eigenvalue weighted by atomic mass is 32.2. The van der Waals surface area contributed by atoms with Gasteiger partial charge in [-0.3, -0.25) is 0 Å². The van der Waals surface area contributed by atoms with E-state index in [0.29, 0.717) is 25.1 Å². The van der Waals surface area contributed by atoms with Gasteiger partial charge in [0.1, 0.15) is 4.21 Å². The molecule has 4 N–H and O–H groups in total. The largest absolute Gasteiger partial charge is 0.398 e. The van der Waals surface area contributed by atoms with Crippen molar-refractivity contribution in [2.45, 2.75) is 30.1 Å². The van der Waals surface area contributed by atoms with E-state index in [2.05, 4.69) is 4.72 Å². The highest BCUT2D eigenvalue weighted by Gasteiger charge is 2.15. The van der Waals surface area contributed by atoms with Crippen molar-refractivity contribution in [1.29, 1.82) is 0 Å². The minimum Gasteiger partial charge on any atom is -0.398 e. The molecular weight excluding hydrogens is 248 g/mol. The molecule has 0 radical (unpaired) electrons. The molecule has 0 aliphatic carbocycles. The third-order valence-electron chi connectivity index (χ3n) is 1.95. The lowest BCUT2D eigenvalue weighted by molar-refractivity contribution is 0.182. The van der Waals surface area contributed by atoms with Crippen LogP contribution in [-0.4, -0.2) is 26.2 Å². The molecule has 5 nitrogen and oxygen atoms in total. The maximum absolute atomic E-state index is 11.7. The van der Waals surface area contributed by atoms with Gasteiger partial charge in [-0.15, -0.1) is 11.3 Å². The summed E-state index contributed by atoms with van der Waals surface area (Å²) >= 11 is 1.10. The molecule has 0 spiro atoms. The minimum absolute atomic E-state index is 0.224. The van der Waals surface area contributed by atoms with E-state index in [1.54, 1.807) is 12.3 Å². The molecule has 1 heterocycles. The van der Waals surface area contributed by atoms with Gasteiger partial charge in [0.2, 0.25) is 10.0 Å². The van der Waals surface area contributed by atoms with Crippen molar-refractivity contribution in [3.63, 3.8) is 0 Å². The summed E-state index contributed by atoms with van der Waals surface area (Å²) in [7, 11) is -3.43. The summed E-state index contributed by atoms with van der Waals surface area (Å²) < 4.78 is 26.0. The smallest absolute Gasteiger partial charge is 0.250 e. The van der Waals surface area contributed by atoms with E-state index < -0.39 is 16.1 Å². The number of rotatable bonds is 6. The van der Waals surface area contributed by atoms with Crippen LogP contribution < -0.4 is 10.5 Å². The van der Waals surface area contributed by atoms with E-state index >= 15 is 0 Å². The molecule has 0 amide bonds. The number of anilines is 1. The average Bonchev–Trinajstić information content (AvgIpc) is 2.60. The Hall–Kier alpha value is -0.630. The first-order chi connectivity index (χ1) is 7.42. The van der Waals surface area contributed by atoms with Gasteiger partial charge in [0, 0.05) is 17.6 Å². The Morgan fingerprint density at radius 2 is 2.31 bits per heavy atom. The maximum Gasteiger partial charge on any atom is 0.250 e. The van der Waals surface area contributed by atoms with Crippen LogP contribution in [0.1, 0.15) is 19.8 Å². The molecule has 1 atom stereocenters. The van der Waals surface area contributed by atoms with Gasteiger partial charge in [-0.05, 0) is 25.8 Å². The van der Waals surface area contributed by atoms with Gasteiger partial charge in [0.15, 0.2) is 0 Å². The molecule has 1 aromatic rings. The van der Waals surface area contributed by atoms with Gasteiger partial charge in [-0.1, -0.05) is 0 Å². The molecule has 92 valence electrons. The molecule has 1 rings (SSSR count). The van der Waals surface area contributed by atoms with E-state index in [0.717, 1.165) is 11.3 Å². The van der Waals surface area contributed by atoms with Crippen LogP contribution in [-0.2, 0) is 10.0 Å². The van der Waals surface area contributed by atoms with Crippen LogP contribution in [0.4, 0.5) is 5.69 Å². The van der Waals surface area contributed by atoms with Gasteiger partial charge in [0.25, 0.3) is 0 Å². The topological polar surface area (TPSA) is 92.4 Å². The number of nitrogens with two attached hydrogens (primary N) is 1. The Kier molecular flexibility index (Phi) is 4.72. The van der Waals surface area contributed by atoms with Gasteiger partial charge >= 0.3 is 0 Å². The lowest BCUT2D eigenvalue weighted by atomic mass is 10.2. The fourth-order valence-corrected chi connectivity index (χ4v) is 3.35. The van der Waals surface area contributed by atoms with Gasteiger partial charge in [0.05, 0.1) is 6.10 Å². The Bertz CT molecular complexity index is 426. The van der Waals surface area contributed by atoms with Crippen LogP contribution in [0.25, 0.3) is 0 Å². The average molecular weight is 264 g/mol. The zero-order valence-corrected chi connectivity index (χ0v) is 10.6. The normalized spacial score (nSPS) is 13.9. The summed E-state index contributed by atoms with van der Waals surface area (Å²) in [6.45, 7) is 2.00. The van der Waals surface area contributed by atoms with Crippen LogP contribution >= 0.6 is 11.3 Å². The van der Waals surface area contributed by atoms with Crippen LogP contribution in [0, 0.1) is 0 Å².